The van der Waals surface area contributed by atoms with E-state index < -0.39 is 37.5 Å². The standard InChI is InChI=1S/C21H16Cl2F3N3O3S/c1-11(2)18-14(4-3-7-27-18)20(30)19-17(8-12(22)10-28-19)29-33(31,32)13-5-6-16(23)15(9-13)21(24,25)26/h3-11,29H,1-2H3. The van der Waals surface area contributed by atoms with E-state index in [4.69, 9.17) is 23.2 Å². The van der Waals surface area contributed by atoms with Crippen LogP contribution in [0.1, 0.15) is 47.1 Å². The number of benzene rings is 1. The van der Waals surface area contributed by atoms with Gasteiger partial charge in [0.25, 0.3) is 10.0 Å². The number of carbonyl (C=O) groups excluding carboxylic acids is 1. The van der Waals surface area contributed by atoms with Crippen molar-refractivity contribution in [3.05, 3.63) is 81.4 Å². The Labute approximate surface area is 197 Å². The summed E-state index contributed by atoms with van der Waals surface area (Å²) in [5, 5.41) is -0.647. The molecule has 0 saturated heterocycles. The predicted octanol–water partition coefficient (Wildman–Crippen LogP) is 5.96. The molecule has 6 nitrogen and oxygen atoms in total. The number of nitrogens with one attached hydrogen (secondary N) is 1. The Morgan fingerprint density at radius 3 is 2.42 bits per heavy atom. The molecule has 2 heterocycles. The van der Waals surface area contributed by atoms with Crippen molar-refractivity contribution < 1.29 is 26.4 Å². The van der Waals surface area contributed by atoms with Crippen molar-refractivity contribution in [2.24, 2.45) is 0 Å². The summed E-state index contributed by atoms with van der Waals surface area (Å²) >= 11 is 11.5. The highest BCUT2D eigenvalue weighted by atomic mass is 35.5. The van der Waals surface area contributed by atoms with Crippen molar-refractivity contribution in [3.63, 3.8) is 0 Å². The normalized spacial score (nSPS) is 12.1. The number of carbonyl (C=O) groups is 1. The van der Waals surface area contributed by atoms with Crippen molar-refractivity contribution >= 4 is 44.7 Å². The van der Waals surface area contributed by atoms with Crippen LogP contribution in [-0.4, -0.2) is 24.2 Å². The number of nitrogens with zero attached hydrogens (tertiary/aromatic N) is 2. The van der Waals surface area contributed by atoms with Gasteiger partial charge in [-0.25, -0.2) is 13.4 Å². The molecule has 0 radical (unpaired) electrons. The predicted molar refractivity (Wildman–Crippen MR) is 118 cm³/mol. The fourth-order valence-electron chi connectivity index (χ4n) is 2.99. The minimum atomic E-state index is -4.87. The van der Waals surface area contributed by atoms with Crippen LogP contribution in [0.5, 0.6) is 0 Å². The van der Waals surface area contributed by atoms with E-state index in [1.165, 1.54) is 12.3 Å². The number of anilines is 1. The van der Waals surface area contributed by atoms with Gasteiger partial charge >= 0.3 is 6.18 Å². The zero-order valence-electron chi connectivity index (χ0n) is 17.1. The minimum absolute atomic E-state index is 0.00612. The Morgan fingerprint density at radius 1 is 1.09 bits per heavy atom. The van der Waals surface area contributed by atoms with Gasteiger partial charge in [0.1, 0.15) is 5.69 Å². The Balaban J connectivity index is 2.08. The van der Waals surface area contributed by atoms with Gasteiger partial charge < -0.3 is 0 Å². The first kappa shape index (κ1) is 24.9. The van der Waals surface area contributed by atoms with E-state index in [1.54, 1.807) is 6.07 Å². The van der Waals surface area contributed by atoms with Crippen molar-refractivity contribution in [1.82, 2.24) is 9.97 Å². The van der Waals surface area contributed by atoms with E-state index in [2.05, 4.69) is 14.7 Å². The molecular weight excluding hydrogens is 502 g/mol. The van der Waals surface area contributed by atoms with Crippen LogP contribution in [0.15, 0.2) is 53.7 Å². The summed E-state index contributed by atoms with van der Waals surface area (Å²) in [4.78, 5) is 20.7. The van der Waals surface area contributed by atoms with Crippen molar-refractivity contribution in [2.45, 2.75) is 30.8 Å². The van der Waals surface area contributed by atoms with Crippen LogP contribution >= 0.6 is 23.2 Å². The lowest BCUT2D eigenvalue weighted by Gasteiger charge is -2.15. The zero-order valence-corrected chi connectivity index (χ0v) is 19.4. The summed E-state index contributed by atoms with van der Waals surface area (Å²) in [6.45, 7) is 3.66. The third kappa shape index (κ3) is 5.45. The zero-order chi connectivity index (χ0) is 24.6. The van der Waals surface area contributed by atoms with Crippen LogP contribution in [0.25, 0.3) is 0 Å². The van der Waals surface area contributed by atoms with Crippen LogP contribution < -0.4 is 4.72 Å². The van der Waals surface area contributed by atoms with E-state index in [0.717, 1.165) is 24.4 Å². The fraction of sp³-hybridized carbons (Fsp3) is 0.190. The molecule has 1 N–H and O–H groups in total. The Bertz CT molecular complexity index is 1330. The Hall–Kier alpha value is -2.69. The highest BCUT2D eigenvalue weighted by Crippen LogP contribution is 2.36. The smallest absolute Gasteiger partial charge is 0.287 e. The maximum atomic E-state index is 13.2. The number of aromatic nitrogens is 2. The monoisotopic (exact) mass is 517 g/mol. The summed E-state index contributed by atoms with van der Waals surface area (Å²) < 4.78 is 67.4. The quantitative estimate of drug-likeness (QED) is 0.407. The number of rotatable bonds is 6. The molecule has 0 bridgehead atoms. The molecule has 12 heteroatoms. The van der Waals surface area contributed by atoms with Gasteiger partial charge in [0.2, 0.25) is 5.78 Å². The molecule has 1 aromatic carbocycles. The Morgan fingerprint density at radius 2 is 1.79 bits per heavy atom. The SMILES string of the molecule is CC(C)c1ncccc1C(=O)c1ncc(Cl)cc1NS(=O)(=O)c1ccc(Cl)c(C(F)(F)F)c1. The van der Waals surface area contributed by atoms with Gasteiger partial charge in [-0.05, 0) is 42.3 Å². The lowest BCUT2D eigenvalue weighted by Crippen LogP contribution is -2.19. The number of halogens is 5. The van der Waals surface area contributed by atoms with E-state index in [9.17, 15) is 26.4 Å². The van der Waals surface area contributed by atoms with E-state index in [-0.39, 0.29) is 27.9 Å². The first-order valence-corrected chi connectivity index (χ1v) is 11.6. The third-order valence-electron chi connectivity index (χ3n) is 4.50. The highest BCUT2D eigenvalue weighted by Gasteiger charge is 2.35. The van der Waals surface area contributed by atoms with E-state index in [1.807, 2.05) is 13.8 Å². The lowest BCUT2D eigenvalue weighted by molar-refractivity contribution is -0.137. The molecule has 3 rings (SSSR count). The molecule has 0 amide bonds. The number of hydrogen-bond donors (Lipinski definition) is 1. The number of hydrogen-bond acceptors (Lipinski definition) is 5. The summed E-state index contributed by atoms with van der Waals surface area (Å²) in [7, 11) is -4.57. The molecule has 0 aliphatic rings. The minimum Gasteiger partial charge on any atom is -0.287 e. The second-order valence-corrected chi connectivity index (χ2v) is 9.74. The van der Waals surface area contributed by atoms with Crippen LogP contribution in [0.2, 0.25) is 10.0 Å². The van der Waals surface area contributed by atoms with Gasteiger partial charge in [0.05, 0.1) is 31.9 Å². The average molecular weight is 518 g/mol. The van der Waals surface area contributed by atoms with E-state index >= 15 is 0 Å². The van der Waals surface area contributed by atoms with Crippen molar-refractivity contribution in [2.75, 3.05) is 4.72 Å². The van der Waals surface area contributed by atoms with Crippen LogP contribution in [-0.2, 0) is 16.2 Å². The molecule has 2 aromatic heterocycles. The second kappa shape index (κ2) is 9.28. The molecule has 174 valence electrons. The number of ketones is 1. The van der Waals surface area contributed by atoms with Gasteiger partial charge in [0, 0.05) is 18.0 Å². The molecule has 0 aliphatic carbocycles. The molecule has 3 aromatic rings. The van der Waals surface area contributed by atoms with Crippen LogP contribution in [0.4, 0.5) is 18.9 Å². The number of alkyl halides is 3. The molecule has 0 spiro atoms. The average Bonchev–Trinajstić information content (AvgIpc) is 2.72. The highest BCUT2D eigenvalue weighted by molar-refractivity contribution is 7.92. The summed E-state index contributed by atoms with van der Waals surface area (Å²) in [5.41, 5.74) is -1.23. The van der Waals surface area contributed by atoms with Crippen molar-refractivity contribution in [1.29, 1.82) is 0 Å². The lowest BCUT2D eigenvalue weighted by atomic mass is 9.98. The van der Waals surface area contributed by atoms with E-state index in [0.29, 0.717) is 11.8 Å². The molecule has 0 unspecified atom stereocenters. The maximum Gasteiger partial charge on any atom is 0.417 e. The first-order valence-electron chi connectivity index (χ1n) is 9.36. The van der Waals surface area contributed by atoms with Crippen LogP contribution in [0, 0.1) is 0 Å². The Kier molecular flexibility index (Phi) is 7.01. The van der Waals surface area contributed by atoms with Gasteiger partial charge in [0.15, 0.2) is 0 Å². The number of sulfonamides is 1. The van der Waals surface area contributed by atoms with Gasteiger partial charge in [-0.2, -0.15) is 13.2 Å². The fourth-order valence-corrected chi connectivity index (χ4v) is 4.45. The molecule has 0 atom stereocenters. The molecule has 0 aliphatic heterocycles. The summed E-state index contributed by atoms with van der Waals surface area (Å²) in [6, 6.07) is 6.36. The second-order valence-electron chi connectivity index (χ2n) is 7.21. The molecule has 0 fully saturated rings. The van der Waals surface area contributed by atoms with Gasteiger partial charge in [-0.3, -0.25) is 14.5 Å². The van der Waals surface area contributed by atoms with Gasteiger partial charge in [-0.1, -0.05) is 37.0 Å². The van der Waals surface area contributed by atoms with Crippen molar-refractivity contribution in [3.8, 4) is 0 Å². The topological polar surface area (TPSA) is 89.0 Å². The third-order valence-corrected chi connectivity index (χ3v) is 6.40. The largest absolute Gasteiger partial charge is 0.417 e. The molecule has 33 heavy (non-hydrogen) atoms. The van der Waals surface area contributed by atoms with Crippen LogP contribution in [0.3, 0.4) is 0 Å². The first-order chi connectivity index (χ1) is 15.3. The maximum absolute atomic E-state index is 13.2. The summed E-state index contributed by atoms with van der Waals surface area (Å²) in [5.74, 6) is -0.749. The number of pyridine rings is 2. The molecular formula is C21H16Cl2F3N3O3S. The molecule has 0 saturated carbocycles. The summed E-state index contributed by atoms with van der Waals surface area (Å²) in [6.07, 6.45) is -2.19. The van der Waals surface area contributed by atoms with Gasteiger partial charge in [-0.15, -0.1) is 0 Å².